The second-order valence-corrected chi connectivity index (χ2v) is 8.24. The maximum Gasteiger partial charge on any atom is 1.00 e. The first-order valence-corrected chi connectivity index (χ1v) is 11.4. The van der Waals surface area contributed by atoms with Crippen molar-refractivity contribution in [2.45, 2.75) is 0 Å². The Bertz CT molecular complexity index is 1570. The van der Waals surface area contributed by atoms with Crippen LogP contribution in [0.15, 0.2) is 60.9 Å². The molecular weight excluding hydrogens is 581 g/mol. The molecule has 4 aromatic heterocycles. The van der Waals surface area contributed by atoms with Crippen molar-refractivity contribution in [1.29, 1.82) is 0 Å². The topological polar surface area (TPSA) is 124 Å². The molecular formula is C20H12Cl5N10Na. The standard InChI is InChI=1S/C10H5Cl2N5.C6H5N3.C4HCl3N2.Na.H/c11-6-5-13-10(12)14-9(6)17-8-4-2-1-3-7(8)15-16-17;1-2-4-6-5(3-1)7-9-8-6;5-2-1-8-4(7)9-3(2)6;;/h1-5H;1-4H,(H,7,8,9);1H;;/q;;;+1;-1. The number of aromatic amines is 1. The average molecular weight is 593 g/mol. The molecule has 16 heteroatoms. The summed E-state index contributed by atoms with van der Waals surface area (Å²) in [6.07, 6.45) is 2.78. The summed E-state index contributed by atoms with van der Waals surface area (Å²) < 4.78 is 1.53. The van der Waals surface area contributed by atoms with Gasteiger partial charge in [0.2, 0.25) is 10.6 Å². The van der Waals surface area contributed by atoms with E-state index in [2.05, 4.69) is 45.7 Å². The van der Waals surface area contributed by atoms with E-state index in [4.69, 9.17) is 58.0 Å². The summed E-state index contributed by atoms with van der Waals surface area (Å²) in [6, 6.07) is 15.2. The third-order valence-electron chi connectivity index (χ3n) is 4.14. The van der Waals surface area contributed by atoms with Crippen LogP contribution in [0.2, 0.25) is 25.8 Å². The van der Waals surface area contributed by atoms with Gasteiger partial charge in [0.1, 0.15) is 21.6 Å². The Balaban J connectivity index is 0.000000206. The van der Waals surface area contributed by atoms with Gasteiger partial charge in [0.25, 0.3) is 0 Å². The fourth-order valence-electron chi connectivity index (χ4n) is 2.62. The van der Waals surface area contributed by atoms with Gasteiger partial charge in [0.15, 0.2) is 11.0 Å². The molecule has 6 rings (SSSR count). The van der Waals surface area contributed by atoms with Gasteiger partial charge in [0, 0.05) is 0 Å². The minimum Gasteiger partial charge on any atom is -1.00 e. The largest absolute Gasteiger partial charge is 1.00 e. The molecule has 178 valence electrons. The second-order valence-electron chi connectivity index (χ2n) is 6.39. The zero-order valence-electron chi connectivity index (χ0n) is 19.2. The fourth-order valence-corrected chi connectivity index (χ4v) is 3.32. The van der Waals surface area contributed by atoms with Crippen LogP contribution in [0.4, 0.5) is 0 Å². The number of aromatic nitrogens is 10. The van der Waals surface area contributed by atoms with Gasteiger partial charge in [-0.25, -0.2) is 15.0 Å². The molecule has 0 radical (unpaired) electrons. The number of nitrogens with zero attached hydrogens (tertiary/aromatic N) is 9. The van der Waals surface area contributed by atoms with Crippen molar-refractivity contribution >= 4 is 80.1 Å². The number of hydrogen-bond acceptors (Lipinski definition) is 8. The maximum atomic E-state index is 6.02. The molecule has 0 saturated heterocycles. The molecule has 0 aliphatic heterocycles. The first-order chi connectivity index (χ1) is 16.9. The van der Waals surface area contributed by atoms with Gasteiger partial charge in [-0.2, -0.15) is 25.1 Å². The van der Waals surface area contributed by atoms with E-state index in [1.807, 2.05) is 48.5 Å². The summed E-state index contributed by atoms with van der Waals surface area (Å²) in [5, 5.41) is 19.4. The maximum absolute atomic E-state index is 6.02. The molecule has 0 fully saturated rings. The van der Waals surface area contributed by atoms with Crippen LogP contribution in [0.25, 0.3) is 27.9 Å². The number of para-hydroxylation sites is 3. The molecule has 2 aromatic carbocycles. The van der Waals surface area contributed by atoms with E-state index >= 15 is 0 Å². The van der Waals surface area contributed by atoms with Crippen LogP contribution in [0.1, 0.15) is 1.43 Å². The quantitative estimate of drug-likeness (QED) is 0.176. The average Bonchev–Trinajstić information content (AvgIpc) is 3.51. The first kappa shape index (κ1) is 28.4. The van der Waals surface area contributed by atoms with Gasteiger partial charge < -0.3 is 1.43 Å². The predicted molar refractivity (Wildman–Crippen MR) is 137 cm³/mol. The van der Waals surface area contributed by atoms with Gasteiger partial charge in [-0.1, -0.05) is 64.3 Å². The van der Waals surface area contributed by atoms with Crippen LogP contribution in [-0.4, -0.2) is 50.3 Å². The number of rotatable bonds is 1. The molecule has 6 aromatic rings. The van der Waals surface area contributed by atoms with Gasteiger partial charge in [-0.15, -0.1) is 5.10 Å². The molecule has 0 aliphatic rings. The Morgan fingerprint density at radius 3 is 1.86 bits per heavy atom. The number of hydrogen-bond donors (Lipinski definition) is 1. The van der Waals surface area contributed by atoms with E-state index in [1.54, 1.807) is 0 Å². The molecule has 1 N–H and O–H groups in total. The molecule has 0 amide bonds. The van der Waals surface area contributed by atoms with E-state index in [0.29, 0.717) is 15.9 Å². The van der Waals surface area contributed by atoms with Gasteiger partial charge in [-0.3, -0.25) is 0 Å². The monoisotopic (exact) mass is 590 g/mol. The summed E-state index contributed by atoms with van der Waals surface area (Å²) in [5.41, 5.74) is 3.40. The number of H-pyrrole nitrogens is 1. The molecule has 0 atom stereocenters. The smallest absolute Gasteiger partial charge is 1.00 e. The summed E-state index contributed by atoms with van der Waals surface area (Å²) in [6.45, 7) is 0. The summed E-state index contributed by atoms with van der Waals surface area (Å²) >= 11 is 28.0. The van der Waals surface area contributed by atoms with Crippen LogP contribution in [0.5, 0.6) is 0 Å². The van der Waals surface area contributed by atoms with Crippen molar-refractivity contribution in [2.75, 3.05) is 0 Å². The van der Waals surface area contributed by atoms with E-state index < -0.39 is 0 Å². The third kappa shape index (κ3) is 7.21. The minimum atomic E-state index is 0. The van der Waals surface area contributed by atoms with Crippen molar-refractivity contribution in [3.63, 3.8) is 0 Å². The van der Waals surface area contributed by atoms with Crippen molar-refractivity contribution in [2.24, 2.45) is 0 Å². The Morgan fingerprint density at radius 1 is 0.694 bits per heavy atom. The first-order valence-electron chi connectivity index (χ1n) is 9.50. The molecule has 4 heterocycles. The van der Waals surface area contributed by atoms with E-state index in [9.17, 15) is 0 Å². The van der Waals surface area contributed by atoms with Crippen LogP contribution < -0.4 is 29.6 Å². The summed E-state index contributed by atoms with van der Waals surface area (Å²) in [7, 11) is 0. The van der Waals surface area contributed by atoms with E-state index in [-0.39, 0.29) is 46.7 Å². The summed E-state index contributed by atoms with van der Waals surface area (Å²) in [4.78, 5) is 15.0. The Labute approximate surface area is 252 Å². The van der Waals surface area contributed by atoms with E-state index in [1.165, 1.54) is 17.1 Å². The van der Waals surface area contributed by atoms with Crippen molar-refractivity contribution < 1.29 is 31.0 Å². The van der Waals surface area contributed by atoms with Gasteiger partial charge >= 0.3 is 29.6 Å². The number of nitrogens with one attached hydrogen (secondary N) is 1. The molecule has 36 heavy (non-hydrogen) atoms. The number of benzene rings is 2. The Morgan fingerprint density at radius 2 is 1.25 bits per heavy atom. The minimum absolute atomic E-state index is 0. The predicted octanol–water partition coefficient (Wildman–Crippen LogP) is 3.03. The third-order valence-corrected chi connectivity index (χ3v) is 5.44. The molecule has 10 nitrogen and oxygen atoms in total. The normalized spacial score (nSPS) is 10.1. The zero-order valence-corrected chi connectivity index (χ0v) is 24.0. The molecule has 0 aliphatic carbocycles. The van der Waals surface area contributed by atoms with Gasteiger partial charge in [0.05, 0.1) is 22.9 Å². The molecule has 0 saturated carbocycles. The molecule has 0 unspecified atom stereocenters. The molecule has 0 bridgehead atoms. The van der Waals surface area contributed by atoms with E-state index in [0.717, 1.165) is 22.1 Å². The Kier molecular flexibility index (Phi) is 10.6. The Hall–Kier alpha value is -2.15. The number of fused-ring (bicyclic) bond motifs is 2. The van der Waals surface area contributed by atoms with Crippen molar-refractivity contribution in [3.8, 4) is 5.82 Å². The van der Waals surface area contributed by atoms with Crippen molar-refractivity contribution in [3.05, 3.63) is 86.7 Å². The number of halogens is 5. The summed E-state index contributed by atoms with van der Waals surface area (Å²) in [5.74, 6) is 0.417. The van der Waals surface area contributed by atoms with Crippen LogP contribution >= 0.6 is 58.0 Å². The van der Waals surface area contributed by atoms with Crippen LogP contribution in [0.3, 0.4) is 0 Å². The second kappa shape index (κ2) is 13.4. The van der Waals surface area contributed by atoms with Crippen molar-refractivity contribution in [1.82, 2.24) is 50.3 Å². The van der Waals surface area contributed by atoms with Crippen LogP contribution in [-0.2, 0) is 0 Å². The zero-order chi connectivity index (χ0) is 24.8. The molecule has 0 spiro atoms. The van der Waals surface area contributed by atoms with Crippen LogP contribution in [0, 0.1) is 0 Å². The SMILES string of the molecule is Clc1ncc(Cl)c(-n2nnc3ccccc32)n1.Clc1ncc(Cl)c(Cl)n1.[H-].[Na+].c1ccc2n[nH]nc2c1. The van der Waals surface area contributed by atoms with Gasteiger partial charge in [-0.05, 0) is 47.5 Å². The fraction of sp³-hybridized carbons (Fsp3) is 0.